The number of H-pyrrole nitrogens is 1. The molecule has 0 aliphatic carbocycles. The molecular weight excluding hydrogens is 394 g/mol. The van der Waals surface area contributed by atoms with Gasteiger partial charge in [0.25, 0.3) is 5.56 Å². The minimum absolute atomic E-state index is 0.0378. The molecular formula is C24H29N3O2S. The maximum absolute atomic E-state index is 12.7. The SMILES string of the molecule is Cc1cc2cc(CN(CCCO)C(=S)N[C@@H](C)c3ccccc3)c(=O)[nH]c2cc1C. The molecule has 5 nitrogen and oxygen atoms in total. The van der Waals surface area contributed by atoms with Crippen LogP contribution in [0.3, 0.4) is 0 Å². The van der Waals surface area contributed by atoms with E-state index in [-0.39, 0.29) is 18.2 Å². The van der Waals surface area contributed by atoms with E-state index in [1.807, 2.05) is 42.2 Å². The molecule has 0 unspecified atom stereocenters. The van der Waals surface area contributed by atoms with Crippen LogP contribution in [0.2, 0.25) is 0 Å². The van der Waals surface area contributed by atoms with Gasteiger partial charge in [0.05, 0.1) is 12.6 Å². The Hall–Kier alpha value is -2.70. The Morgan fingerprint density at radius 2 is 1.87 bits per heavy atom. The van der Waals surface area contributed by atoms with E-state index in [0.29, 0.717) is 30.2 Å². The predicted molar refractivity (Wildman–Crippen MR) is 127 cm³/mol. The number of fused-ring (bicyclic) bond motifs is 1. The number of aryl methyl sites for hydroxylation is 2. The second-order valence-corrected chi connectivity index (χ2v) is 8.11. The lowest BCUT2D eigenvalue weighted by Crippen LogP contribution is -2.42. The number of pyridine rings is 1. The van der Waals surface area contributed by atoms with Crippen LogP contribution in [0.25, 0.3) is 10.9 Å². The molecule has 1 aromatic heterocycles. The topological polar surface area (TPSA) is 68.4 Å². The lowest BCUT2D eigenvalue weighted by atomic mass is 10.0. The fourth-order valence-electron chi connectivity index (χ4n) is 3.46. The lowest BCUT2D eigenvalue weighted by molar-refractivity contribution is 0.263. The normalized spacial score (nSPS) is 12.0. The molecule has 0 bridgehead atoms. The summed E-state index contributed by atoms with van der Waals surface area (Å²) in [5, 5.41) is 14.3. The number of hydrogen-bond acceptors (Lipinski definition) is 3. The highest BCUT2D eigenvalue weighted by molar-refractivity contribution is 7.80. The van der Waals surface area contributed by atoms with Crippen LogP contribution in [-0.4, -0.2) is 33.3 Å². The Kier molecular flexibility index (Phi) is 7.24. The predicted octanol–water partition coefficient (Wildman–Crippen LogP) is 3.97. The zero-order valence-corrected chi connectivity index (χ0v) is 18.6. The first kappa shape index (κ1) is 22.0. The number of aliphatic hydroxyl groups excluding tert-OH is 1. The van der Waals surface area contributed by atoms with Crippen molar-refractivity contribution >= 4 is 28.2 Å². The van der Waals surface area contributed by atoms with Gasteiger partial charge in [-0.1, -0.05) is 30.3 Å². The van der Waals surface area contributed by atoms with E-state index in [4.69, 9.17) is 12.2 Å². The molecule has 30 heavy (non-hydrogen) atoms. The van der Waals surface area contributed by atoms with Crippen molar-refractivity contribution in [1.29, 1.82) is 0 Å². The average molecular weight is 424 g/mol. The van der Waals surface area contributed by atoms with Crippen molar-refractivity contribution in [1.82, 2.24) is 15.2 Å². The Morgan fingerprint density at radius 3 is 2.57 bits per heavy atom. The van der Waals surface area contributed by atoms with Crippen LogP contribution in [0.15, 0.2) is 53.3 Å². The molecule has 0 aliphatic heterocycles. The van der Waals surface area contributed by atoms with Crippen molar-refractivity contribution in [2.45, 2.75) is 39.8 Å². The number of nitrogens with one attached hydrogen (secondary N) is 2. The Morgan fingerprint density at radius 1 is 1.17 bits per heavy atom. The standard InChI is InChI=1S/C24H29N3O2S/c1-16-12-20-14-21(23(29)26-22(20)13-17(16)2)15-27(10-7-11-28)24(30)25-18(3)19-8-5-4-6-9-19/h4-6,8-9,12-14,18,28H,7,10-11,15H2,1-3H3,(H,25,30)(H,26,29)/t18-/m0/s1. The summed E-state index contributed by atoms with van der Waals surface area (Å²) in [6, 6.07) is 16.2. The molecule has 0 saturated heterocycles. The molecule has 0 fully saturated rings. The average Bonchev–Trinajstić information content (AvgIpc) is 2.73. The van der Waals surface area contributed by atoms with E-state index in [1.54, 1.807) is 0 Å². The summed E-state index contributed by atoms with van der Waals surface area (Å²) in [4.78, 5) is 17.7. The number of benzene rings is 2. The van der Waals surface area contributed by atoms with Crippen molar-refractivity contribution in [2.24, 2.45) is 0 Å². The smallest absolute Gasteiger partial charge is 0.253 e. The van der Waals surface area contributed by atoms with Gasteiger partial charge < -0.3 is 20.3 Å². The van der Waals surface area contributed by atoms with E-state index in [2.05, 4.69) is 42.3 Å². The fourth-order valence-corrected chi connectivity index (χ4v) is 3.79. The van der Waals surface area contributed by atoms with E-state index >= 15 is 0 Å². The van der Waals surface area contributed by atoms with Gasteiger partial charge in [-0.25, -0.2) is 0 Å². The second-order valence-electron chi connectivity index (χ2n) is 7.73. The van der Waals surface area contributed by atoms with Gasteiger partial charge in [0.1, 0.15) is 0 Å². The van der Waals surface area contributed by atoms with Gasteiger partial charge >= 0.3 is 0 Å². The third kappa shape index (κ3) is 5.26. The minimum Gasteiger partial charge on any atom is -0.396 e. The van der Waals surface area contributed by atoms with Gasteiger partial charge in [0.2, 0.25) is 0 Å². The summed E-state index contributed by atoms with van der Waals surface area (Å²) in [6.45, 7) is 7.17. The fraction of sp³-hybridized carbons (Fsp3) is 0.333. The molecule has 2 aromatic carbocycles. The van der Waals surface area contributed by atoms with E-state index < -0.39 is 0 Å². The number of rotatable bonds is 7. The zero-order valence-electron chi connectivity index (χ0n) is 17.7. The highest BCUT2D eigenvalue weighted by atomic mass is 32.1. The summed E-state index contributed by atoms with van der Waals surface area (Å²) in [5.74, 6) is 0. The molecule has 3 aromatic rings. The highest BCUT2D eigenvalue weighted by Crippen LogP contribution is 2.18. The molecule has 0 spiro atoms. The molecule has 0 radical (unpaired) electrons. The second kappa shape index (κ2) is 9.87. The first-order chi connectivity index (χ1) is 14.4. The van der Waals surface area contributed by atoms with Crippen LogP contribution in [0.4, 0.5) is 0 Å². The van der Waals surface area contributed by atoms with Gasteiger partial charge in [-0.3, -0.25) is 4.79 Å². The van der Waals surface area contributed by atoms with Crippen molar-refractivity contribution in [2.75, 3.05) is 13.2 Å². The number of hydrogen-bond donors (Lipinski definition) is 3. The maximum atomic E-state index is 12.7. The third-order valence-corrected chi connectivity index (χ3v) is 5.79. The van der Waals surface area contributed by atoms with Gasteiger partial charge in [0, 0.05) is 24.2 Å². The van der Waals surface area contributed by atoms with Crippen LogP contribution < -0.4 is 10.9 Å². The van der Waals surface area contributed by atoms with Gasteiger partial charge in [0.15, 0.2) is 5.11 Å². The molecule has 1 heterocycles. The summed E-state index contributed by atoms with van der Waals surface area (Å²) in [6.07, 6.45) is 0.575. The highest BCUT2D eigenvalue weighted by Gasteiger charge is 2.16. The minimum atomic E-state index is -0.112. The number of aliphatic hydroxyl groups is 1. The Bertz CT molecular complexity index is 1080. The van der Waals surface area contributed by atoms with Crippen molar-refractivity contribution in [3.63, 3.8) is 0 Å². The zero-order chi connectivity index (χ0) is 21.7. The molecule has 1 atom stereocenters. The summed E-state index contributed by atoms with van der Waals surface area (Å²) >= 11 is 5.66. The van der Waals surface area contributed by atoms with Crippen LogP contribution >= 0.6 is 12.2 Å². The summed E-state index contributed by atoms with van der Waals surface area (Å²) in [5.41, 5.74) is 4.85. The number of aromatic nitrogens is 1. The largest absolute Gasteiger partial charge is 0.396 e. The van der Waals surface area contributed by atoms with Crippen LogP contribution in [-0.2, 0) is 6.54 Å². The number of aromatic amines is 1. The van der Waals surface area contributed by atoms with E-state index in [1.165, 1.54) is 5.56 Å². The summed E-state index contributed by atoms with van der Waals surface area (Å²) in [7, 11) is 0. The lowest BCUT2D eigenvalue weighted by Gasteiger charge is -2.28. The molecule has 0 aliphatic rings. The first-order valence-electron chi connectivity index (χ1n) is 10.2. The quantitative estimate of drug-likeness (QED) is 0.502. The molecule has 0 amide bonds. The van der Waals surface area contributed by atoms with Crippen molar-refractivity contribution in [3.05, 3.63) is 81.1 Å². The summed E-state index contributed by atoms with van der Waals surface area (Å²) < 4.78 is 0. The third-order valence-electron chi connectivity index (χ3n) is 5.41. The van der Waals surface area contributed by atoms with Crippen LogP contribution in [0, 0.1) is 13.8 Å². The number of nitrogens with zero attached hydrogens (tertiary/aromatic N) is 1. The van der Waals surface area contributed by atoms with Crippen LogP contribution in [0.5, 0.6) is 0 Å². The van der Waals surface area contributed by atoms with Crippen molar-refractivity contribution < 1.29 is 5.11 Å². The maximum Gasteiger partial charge on any atom is 0.253 e. The molecule has 0 saturated carbocycles. The molecule has 158 valence electrons. The first-order valence-corrected chi connectivity index (χ1v) is 10.6. The van der Waals surface area contributed by atoms with Gasteiger partial charge in [-0.2, -0.15) is 0 Å². The monoisotopic (exact) mass is 423 g/mol. The number of thiocarbonyl (C=S) groups is 1. The van der Waals surface area contributed by atoms with Gasteiger partial charge in [-0.05, 0) is 79.7 Å². The molecule has 6 heteroatoms. The molecule has 3 N–H and O–H groups in total. The van der Waals surface area contributed by atoms with E-state index in [0.717, 1.165) is 22.0 Å². The Labute approximate surface area is 182 Å². The van der Waals surface area contributed by atoms with E-state index in [9.17, 15) is 9.90 Å². The van der Waals surface area contributed by atoms with Crippen LogP contribution in [0.1, 0.15) is 41.6 Å². The van der Waals surface area contributed by atoms with Crippen molar-refractivity contribution in [3.8, 4) is 0 Å². The Balaban J connectivity index is 1.83. The van der Waals surface area contributed by atoms with Gasteiger partial charge in [-0.15, -0.1) is 0 Å². The molecule has 3 rings (SSSR count).